The van der Waals surface area contributed by atoms with E-state index in [0.29, 0.717) is 6.04 Å². The maximum atomic E-state index is 11.2. The molecule has 0 saturated carbocycles. The average Bonchev–Trinajstić information content (AvgIpc) is 2.54. The predicted octanol–water partition coefficient (Wildman–Crippen LogP) is 1.34. The van der Waals surface area contributed by atoms with Gasteiger partial charge in [-0.1, -0.05) is 0 Å². The van der Waals surface area contributed by atoms with Crippen molar-refractivity contribution in [2.24, 2.45) is 0 Å². The Morgan fingerprint density at radius 1 is 1.36 bits per heavy atom. The van der Waals surface area contributed by atoms with E-state index in [4.69, 9.17) is 0 Å². The highest BCUT2D eigenvalue weighted by Crippen LogP contribution is 2.22. The number of aromatic amines is 1. The monoisotopic (exact) mass is 300 g/mol. The van der Waals surface area contributed by atoms with Gasteiger partial charge >= 0.3 is 0 Å². The molecule has 1 atom stereocenters. The molecular weight excluding hydrogens is 280 g/mol. The van der Waals surface area contributed by atoms with Gasteiger partial charge in [-0.15, -0.1) is 0 Å². The number of aromatic nitrogens is 4. The Bertz CT molecular complexity index is 665. The molecule has 0 radical (unpaired) electrons. The molecule has 0 spiro atoms. The van der Waals surface area contributed by atoms with Crippen molar-refractivity contribution in [3.63, 3.8) is 0 Å². The minimum absolute atomic E-state index is 0.174. The van der Waals surface area contributed by atoms with Crippen molar-refractivity contribution >= 4 is 11.6 Å². The van der Waals surface area contributed by atoms with Crippen LogP contribution in [0.5, 0.6) is 0 Å². The molecule has 1 unspecified atom stereocenters. The van der Waals surface area contributed by atoms with Crippen molar-refractivity contribution in [1.29, 1.82) is 0 Å². The van der Waals surface area contributed by atoms with Crippen LogP contribution in [0.15, 0.2) is 29.3 Å². The summed E-state index contributed by atoms with van der Waals surface area (Å²) in [4.78, 5) is 21.7. The summed E-state index contributed by atoms with van der Waals surface area (Å²) >= 11 is 0. The lowest BCUT2D eigenvalue weighted by Gasteiger charge is -2.36. The number of H-pyrrole nitrogens is 1. The minimum Gasteiger partial charge on any atom is -0.368 e. The Balaban J connectivity index is 1.70. The molecule has 1 fully saturated rings. The summed E-state index contributed by atoms with van der Waals surface area (Å²) in [6.07, 6.45) is 5.01. The van der Waals surface area contributed by atoms with Gasteiger partial charge in [-0.05, 0) is 32.3 Å². The Hall–Kier alpha value is -2.44. The van der Waals surface area contributed by atoms with Gasteiger partial charge in [0.2, 0.25) is 0 Å². The van der Waals surface area contributed by atoms with Crippen LogP contribution in [0, 0.1) is 6.92 Å². The first-order valence-electron chi connectivity index (χ1n) is 7.57. The van der Waals surface area contributed by atoms with Crippen molar-refractivity contribution in [3.05, 3.63) is 40.6 Å². The third-order valence-electron chi connectivity index (χ3n) is 3.91. The second-order valence-corrected chi connectivity index (χ2v) is 5.55. The van der Waals surface area contributed by atoms with Gasteiger partial charge in [-0.25, -0.2) is 15.1 Å². The second-order valence-electron chi connectivity index (χ2n) is 5.55. The van der Waals surface area contributed by atoms with Crippen LogP contribution in [-0.4, -0.2) is 39.3 Å². The Labute approximate surface area is 128 Å². The van der Waals surface area contributed by atoms with Gasteiger partial charge in [0.25, 0.3) is 5.56 Å². The molecule has 0 amide bonds. The first kappa shape index (κ1) is 14.5. The zero-order valence-electron chi connectivity index (χ0n) is 12.6. The molecule has 0 bridgehead atoms. The quantitative estimate of drug-likeness (QED) is 0.886. The van der Waals surface area contributed by atoms with E-state index in [9.17, 15) is 4.79 Å². The van der Waals surface area contributed by atoms with Crippen LogP contribution in [0.2, 0.25) is 0 Å². The molecule has 22 heavy (non-hydrogen) atoms. The summed E-state index contributed by atoms with van der Waals surface area (Å²) in [5, 5.41) is 10.0. The molecule has 0 aliphatic carbocycles. The van der Waals surface area contributed by atoms with E-state index in [1.165, 1.54) is 12.5 Å². The predicted molar refractivity (Wildman–Crippen MR) is 85.1 cm³/mol. The molecule has 2 aromatic heterocycles. The molecule has 0 aromatic carbocycles. The Morgan fingerprint density at radius 2 is 2.27 bits per heavy atom. The number of piperidine rings is 1. The molecule has 7 nitrogen and oxygen atoms in total. The largest absolute Gasteiger partial charge is 0.368 e. The summed E-state index contributed by atoms with van der Waals surface area (Å²) in [6, 6.07) is 5.58. The molecule has 1 aliphatic rings. The molecule has 2 aromatic rings. The van der Waals surface area contributed by atoms with E-state index in [1.54, 1.807) is 12.4 Å². The summed E-state index contributed by atoms with van der Waals surface area (Å²) in [5.74, 6) is 1.66. The van der Waals surface area contributed by atoms with Crippen molar-refractivity contribution in [3.8, 4) is 0 Å². The lowest BCUT2D eigenvalue weighted by molar-refractivity contribution is 0.467. The molecule has 7 heteroatoms. The van der Waals surface area contributed by atoms with Crippen LogP contribution in [0.3, 0.4) is 0 Å². The molecular formula is C15H20N6O. The van der Waals surface area contributed by atoms with Crippen molar-refractivity contribution < 1.29 is 0 Å². The summed E-state index contributed by atoms with van der Waals surface area (Å²) < 4.78 is 0. The van der Waals surface area contributed by atoms with Crippen LogP contribution in [0.1, 0.15) is 25.0 Å². The molecule has 116 valence electrons. The fourth-order valence-corrected chi connectivity index (χ4v) is 2.79. The fourth-order valence-electron chi connectivity index (χ4n) is 2.79. The highest BCUT2D eigenvalue weighted by Gasteiger charge is 2.23. The van der Waals surface area contributed by atoms with Crippen LogP contribution in [-0.2, 0) is 0 Å². The first-order chi connectivity index (χ1) is 10.7. The van der Waals surface area contributed by atoms with Crippen LogP contribution < -0.4 is 15.8 Å². The maximum absolute atomic E-state index is 11.2. The van der Waals surface area contributed by atoms with Crippen LogP contribution >= 0.6 is 0 Å². The summed E-state index contributed by atoms with van der Waals surface area (Å²) in [6.45, 7) is 3.69. The van der Waals surface area contributed by atoms with Crippen molar-refractivity contribution in [2.45, 2.75) is 32.2 Å². The van der Waals surface area contributed by atoms with Gasteiger partial charge in [-0.3, -0.25) is 4.79 Å². The van der Waals surface area contributed by atoms with Crippen molar-refractivity contribution in [1.82, 2.24) is 20.2 Å². The lowest BCUT2D eigenvalue weighted by atomic mass is 10.0. The highest BCUT2D eigenvalue weighted by molar-refractivity contribution is 5.41. The lowest BCUT2D eigenvalue weighted by Crippen LogP contribution is -2.44. The fraction of sp³-hybridized carbons (Fsp3) is 0.467. The molecule has 1 saturated heterocycles. The van der Waals surface area contributed by atoms with Gasteiger partial charge in [-0.2, -0.15) is 5.10 Å². The van der Waals surface area contributed by atoms with E-state index in [2.05, 4.69) is 30.4 Å². The number of nitrogens with one attached hydrogen (secondary N) is 2. The standard InChI is InChI=1S/C15H20N6O/c1-11-8-13(18-10-17-11)16-9-12-4-2-3-7-21(12)14-5-6-15(22)20-19-14/h5-6,8,10,12H,2-4,7,9H2,1H3,(H,20,22)(H,16,17,18). The first-order valence-corrected chi connectivity index (χ1v) is 7.57. The third-order valence-corrected chi connectivity index (χ3v) is 3.91. The van der Waals surface area contributed by atoms with Crippen LogP contribution in [0.25, 0.3) is 0 Å². The SMILES string of the molecule is Cc1cc(NCC2CCCCN2c2ccc(=O)[nH]n2)ncn1. The Morgan fingerprint density at radius 3 is 3.05 bits per heavy atom. The second kappa shape index (κ2) is 6.55. The minimum atomic E-state index is -0.174. The van der Waals surface area contributed by atoms with Gasteiger partial charge in [0.1, 0.15) is 18.0 Å². The van der Waals surface area contributed by atoms with E-state index >= 15 is 0 Å². The average molecular weight is 300 g/mol. The number of rotatable bonds is 4. The summed E-state index contributed by atoms with van der Waals surface area (Å²) in [7, 11) is 0. The number of hydrogen-bond donors (Lipinski definition) is 2. The highest BCUT2D eigenvalue weighted by atomic mass is 16.1. The van der Waals surface area contributed by atoms with Gasteiger partial charge < -0.3 is 10.2 Å². The number of nitrogens with zero attached hydrogens (tertiary/aromatic N) is 4. The van der Waals surface area contributed by atoms with Gasteiger partial charge in [0.05, 0.1) is 0 Å². The van der Waals surface area contributed by atoms with E-state index in [1.807, 2.05) is 13.0 Å². The van der Waals surface area contributed by atoms with Gasteiger partial charge in [0, 0.05) is 37.0 Å². The smallest absolute Gasteiger partial charge is 0.264 e. The van der Waals surface area contributed by atoms with Crippen LogP contribution in [0.4, 0.5) is 11.6 Å². The molecule has 3 rings (SSSR count). The molecule has 2 N–H and O–H groups in total. The zero-order valence-corrected chi connectivity index (χ0v) is 12.6. The van der Waals surface area contributed by atoms with E-state index in [-0.39, 0.29) is 5.56 Å². The molecule has 1 aliphatic heterocycles. The molecule has 3 heterocycles. The summed E-state index contributed by atoms with van der Waals surface area (Å²) in [5.41, 5.74) is 0.771. The van der Waals surface area contributed by atoms with Gasteiger partial charge in [0.15, 0.2) is 0 Å². The Kier molecular flexibility index (Phi) is 4.32. The number of aryl methyl sites for hydroxylation is 1. The normalized spacial score (nSPS) is 18.2. The van der Waals surface area contributed by atoms with Crippen molar-refractivity contribution in [2.75, 3.05) is 23.3 Å². The maximum Gasteiger partial charge on any atom is 0.264 e. The number of hydrogen-bond acceptors (Lipinski definition) is 6. The third kappa shape index (κ3) is 3.41. The van der Waals surface area contributed by atoms with E-state index < -0.39 is 0 Å². The zero-order chi connectivity index (χ0) is 15.4. The number of anilines is 2. The van der Waals surface area contributed by atoms with E-state index in [0.717, 1.165) is 43.3 Å². The topological polar surface area (TPSA) is 86.8 Å².